The number of nitrogens with zero attached hydrogens (tertiary/aromatic N) is 4. The highest BCUT2D eigenvalue weighted by atomic mass is 16.5. The van der Waals surface area contributed by atoms with Gasteiger partial charge in [0.05, 0.1) is 18.2 Å². The molecule has 2 heterocycles. The summed E-state index contributed by atoms with van der Waals surface area (Å²) < 4.78 is 5.20. The number of carbonyl (C=O) groups excluding carboxylic acids is 1. The highest BCUT2D eigenvalue weighted by Crippen LogP contribution is 2.38. The predicted octanol–water partition coefficient (Wildman–Crippen LogP) is 5.07. The molecule has 0 unspecified atom stereocenters. The number of rotatable bonds is 8. The van der Waals surface area contributed by atoms with Gasteiger partial charge < -0.3 is 20.7 Å². The zero-order chi connectivity index (χ0) is 28.2. The number of benzene rings is 2. The van der Waals surface area contributed by atoms with Crippen molar-refractivity contribution in [2.75, 3.05) is 57.5 Å². The Morgan fingerprint density at radius 3 is 2.50 bits per heavy atom. The van der Waals surface area contributed by atoms with Crippen LogP contribution >= 0.6 is 0 Å². The van der Waals surface area contributed by atoms with E-state index in [2.05, 4.69) is 53.2 Å². The number of aromatic nitrogens is 2. The van der Waals surface area contributed by atoms with E-state index in [9.17, 15) is 4.79 Å². The number of ether oxygens (including phenoxy) is 1. The number of nitrogen functional groups attached to an aromatic ring is 1. The van der Waals surface area contributed by atoms with E-state index in [1.54, 1.807) is 7.11 Å². The van der Waals surface area contributed by atoms with Crippen LogP contribution in [-0.4, -0.2) is 72.1 Å². The summed E-state index contributed by atoms with van der Waals surface area (Å²) in [5.41, 5.74) is 11.4. The van der Waals surface area contributed by atoms with E-state index in [4.69, 9.17) is 20.4 Å². The van der Waals surface area contributed by atoms with Gasteiger partial charge in [0.1, 0.15) is 11.6 Å². The van der Waals surface area contributed by atoms with Crippen molar-refractivity contribution in [3.63, 3.8) is 0 Å². The van der Waals surface area contributed by atoms with Gasteiger partial charge in [0.15, 0.2) is 0 Å². The topological polar surface area (TPSA) is 96.6 Å². The van der Waals surface area contributed by atoms with E-state index in [1.807, 2.05) is 19.1 Å². The van der Waals surface area contributed by atoms with E-state index < -0.39 is 0 Å². The van der Waals surface area contributed by atoms with Crippen molar-refractivity contribution in [1.29, 1.82) is 0 Å². The number of nitrogens with two attached hydrogens (primary N) is 1. The van der Waals surface area contributed by atoms with Crippen molar-refractivity contribution in [1.82, 2.24) is 19.8 Å². The monoisotopic (exact) mass is 544 g/mol. The maximum Gasteiger partial charge on any atom is 0.225 e. The normalized spacial score (nSPS) is 20.9. The maximum atomic E-state index is 13.3. The Morgan fingerprint density at radius 2 is 1.80 bits per heavy atom. The lowest BCUT2D eigenvalue weighted by molar-refractivity contribution is -0.138. The molecule has 5 rings (SSSR count). The summed E-state index contributed by atoms with van der Waals surface area (Å²) in [6.07, 6.45) is 3.97. The van der Waals surface area contributed by atoms with Crippen molar-refractivity contribution in [2.45, 2.75) is 58.4 Å². The Balaban J connectivity index is 1.25. The Morgan fingerprint density at radius 1 is 1.05 bits per heavy atom. The Hall–Kier alpha value is -3.23. The van der Waals surface area contributed by atoms with Crippen molar-refractivity contribution < 1.29 is 9.53 Å². The van der Waals surface area contributed by atoms with Gasteiger partial charge in [-0.25, -0.2) is 9.97 Å². The maximum absolute atomic E-state index is 13.3. The minimum absolute atomic E-state index is 0.0478. The molecule has 0 spiro atoms. The number of amides is 1. The molecule has 1 aromatic heterocycles. The summed E-state index contributed by atoms with van der Waals surface area (Å²) in [4.78, 5) is 27.3. The van der Waals surface area contributed by atoms with Gasteiger partial charge in [0.2, 0.25) is 5.91 Å². The summed E-state index contributed by atoms with van der Waals surface area (Å²) in [6, 6.07) is 12.8. The largest absolute Gasteiger partial charge is 0.399 e. The summed E-state index contributed by atoms with van der Waals surface area (Å²) >= 11 is 0. The van der Waals surface area contributed by atoms with Gasteiger partial charge in [-0.2, -0.15) is 0 Å². The van der Waals surface area contributed by atoms with Crippen LogP contribution in [-0.2, 0) is 9.53 Å². The van der Waals surface area contributed by atoms with Crippen LogP contribution in [0.25, 0.3) is 10.9 Å². The van der Waals surface area contributed by atoms with Gasteiger partial charge in [-0.1, -0.05) is 12.1 Å². The predicted molar refractivity (Wildman–Crippen MR) is 161 cm³/mol. The van der Waals surface area contributed by atoms with Crippen LogP contribution < -0.4 is 11.1 Å². The van der Waals surface area contributed by atoms with Crippen LogP contribution in [0.1, 0.15) is 67.1 Å². The number of fused-ring (bicyclic) bond motifs is 1. The van der Waals surface area contributed by atoms with Crippen molar-refractivity contribution in [3.05, 3.63) is 58.9 Å². The zero-order valence-corrected chi connectivity index (χ0v) is 24.4. The van der Waals surface area contributed by atoms with Gasteiger partial charge >= 0.3 is 0 Å². The molecular weight excluding hydrogens is 500 g/mol. The minimum atomic E-state index is 0.0478. The quantitative estimate of drug-likeness (QED) is 0.382. The summed E-state index contributed by atoms with van der Waals surface area (Å²) in [5, 5.41) is 4.67. The first-order valence-electron chi connectivity index (χ1n) is 14.7. The summed E-state index contributed by atoms with van der Waals surface area (Å²) in [5.74, 6) is 2.54. The molecule has 3 aromatic rings. The second-order valence-corrected chi connectivity index (χ2v) is 11.6. The number of methoxy groups -OCH3 is 1. The fraction of sp³-hybridized carbons (Fsp3) is 0.531. The third-order valence-electron chi connectivity index (χ3n) is 8.65. The lowest BCUT2D eigenvalue weighted by Crippen LogP contribution is -2.51. The molecular formula is C32H44N6O2. The van der Waals surface area contributed by atoms with Crippen LogP contribution in [0.4, 0.5) is 11.5 Å². The molecule has 2 fully saturated rings. The van der Waals surface area contributed by atoms with Crippen LogP contribution in [0.3, 0.4) is 0 Å². The highest BCUT2D eigenvalue weighted by Gasteiger charge is 2.31. The van der Waals surface area contributed by atoms with E-state index in [-0.39, 0.29) is 12.0 Å². The first-order valence-corrected chi connectivity index (χ1v) is 14.7. The molecule has 0 radical (unpaired) electrons. The molecule has 1 aliphatic carbocycles. The molecule has 1 atom stereocenters. The summed E-state index contributed by atoms with van der Waals surface area (Å²) in [7, 11) is 1.74. The molecule has 2 aromatic carbocycles. The Kier molecular flexibility index (Phi) is 8.86. The number of nitrogens with one attached hydrogen (secondary N) is 1. The molecule has 1 saturated carbocycles. The fourth-order valence-electron chi connectivity index (χ4n) is 6.35. The van der Waals surface area contributed by atoms with Gasteiger partial charge in [-0.15, -0.1) is 0 Å². The number of anilines is 2. The Labute approximate surface area is 238 Å². The standard InChI is InChI=1S/C32H44N6O2/c1-21-17-27(19-28(33)18-21)22(2)34-31-29-20-26(9-10-30(29)35-23(3)36-31)24-5-7-25(8-6-24)32(39)38-13-11-37(12-14-38)15-16-40-4/h9-10,17-20,22,24-25H,5-8,11-16,33H2,1-4H3,(H,34,35,36)/t22-,24?,25?/m1/s1. The fourth-order valence-corrected chi connectivity index (χ4v) is 6.35. The first-order chi connectivity index (χ1) is 19.3. The number of hydrogen-bond acceptors (Lipinski definition) is 7. The molecule has 214 valence electrons. The van der Waals surface area contributed by atoms with Crippen LogP contribution in [0.5, 0.6) is 0 Å². The average Bonchev–Trinajstić information content (AvgIpc) is 2.95. The van der Waals surface area contributed by atoms with Crippen molar-refractivity contribution in [2.24, 2.45) is 5.92 Å². The third kappa shape index (κ3) is 6.56. The smallest absolute Gasteiger partial charge is 0.225 e. The minimum Gasteiger partial charge on any atom is -0.399 e. The third-order valence-corrected chi connectivity index (χ3v) is 8.65. The second kappa shape index (κ2) is 12.5. The molecule has 0 bridgehead atoms. The van der Waals surface area contributed by atoms with Gasteiger partial charge in [0.25, 0.3) is 0 Å². The van der Waals surface area contributed by atoms with Crippen molar-refractivity contribution >= 4 is 28.3 Å². The van der Waals surface area contributed by atoms with Gasteiger partial charge in [-0.3, -0.25) is 9.69 Å². The number of carbonyl (C=O) groups is 1. The number of hydrogen-bond donors (Lipinski definition) is 2. The van der Waals surface area contributed by atoms with Gasteiger partial charge in [0, 0.05) is 56.8 Å². The molecule has 2 aliphatic rings. The average molecular weight is 545 g/mol. The molecule has 8 nitrogen and oxygen atoms in total. The second-order valence-electron chi connectivity index (χ2n) is 11.6. The lowest BCUT2D eigenvalue weighted by Gasteiger charge is -2.38. The van der Waals surface area contributed by atoms with E-state index >= 15 is 0 Å². The van der Waals surface area contributed by atoms with Crippen LogP contribution in [0.2, 0.25) is 0 Å². The zero-order valence-electron chi connectivity index (χ0n) is 24.4. The molecule has 40 heavy (non-hydrogen) atoms. The molecule has 1 aliphatic heterocycles. The molecule has 3 N–H and O–H groups in total. The number of piperazine rings is 1. The molecule has 1 amide bonds. The highest BCUT2D eigenvalue weighted by molar-refractivity contribution is 5.90. The van der Waals surface area contributed by atoms with Crippen molar-refractivity contribution in [3.8, 4) is 0 Å². The van der Waals surface area contributed by atoms with E-state index in [1.165, 1.54) is 5.56 Å². The Bertz CT molecular complexity index is 1310. The summed E-state index contributed by atoms with van der Waals surface area (Å²) in [6.45, 7) is 11.4. The molecule has 1 saturated heterocycles. The van der Waals surface area contributed by atoms with E-state index in [0.29, 0.717) is 11.8 Å². The van der Waals surface area contributed by atoms with E-state index in [0.717, 1.165) is 104 Å². The molecule has 8 heteroatoms. The number of aryl methyl sites for hydroxylation is 2. The SMILES string of the molecule is COCCN1CCN(C(=O)C2CCC(c3ccc4nc(C)nc(N[C@H](C)c5cc(C)cc(N)c5)c4c3)CC2)CC1. The lowest BCUT2D eigenvalue weighted by atomic mass is 9.78. The first kappa shape index (κ1) is 28.3. The van der Waals surface area contributed by atoms with Crippen LogP contribution in [0, 0.1) is 19.8 Å². The van der Waals surface area contributed by atoms with Gasteiger partial charge in [-0.05, 0) is 93.3 Å². The van der Waals surface area contributed by atoms with Crippen LogP contribution in [0.15, 0.2) is 36.4 Å².